The SMILES string of the molecule is O=C(P(Cl)(c1ccccc1)(c1ccccc1)c1ccccc1)P(Cl)(c1ccccc1)(c1ccccc1)c1ccccc1.[Ru]. The van der Waals surface area contributed by atoms with Crippen molar-refractivity contribution in [3.63, 3.8) is 0 Å². The van der Waals surface area contributed by atoms with Gasteiger partial charge in [-0.1, -0.05) is 0 Å². The van der Waals surface area contributed by atoms with E-state index in [-0.39, 0.29) is 24.7 Å². The molecule has 1 nitrogen and oxygen atoms in total. The summed E-state index contributed by atoms with van der Waals surface area (Å²) in [6, 6.07) is 59.0. The Labute approximate surface area is 276 Å². The third-order valence-electron chi connectivity index (χ3n) is 8.16. The van der Waals surface area contributed by atoms with Gasteiger partial charge in [0.05, 0.1) is 0 Å². The summed E-state index contributed by atoms with van der Waals surface area (Å²) in [6.07, 6.45) is 0. The fourth-order valence-corrected chi connectivity index (χ4v) is 23.7. The van der Waals surface area contributed by atoms with Crippen molar-refractivity contribution in [3.05, 3.63) is 182 Å². The minimum atomic E-state index is -4.57. The molecule has 0 bridgehead atoms. The monoisotopic (exact) mass is 724 g/mol. The second kappa shape index (κ2) is 12.2. The Morgan fingerprint density at radius 3 is 0.605 bits per heavy atom. The first kappa shape index (κ1) is 31.5. The molecule has 0 unspecified atom stereocenters. The summed E-state index contributed by atoms with van der Waals surface area (Å²) in [5, 5.41) is 4.36. The molecule has 0 aromatic heterocycles. The number of halogens is 2. The molecule has 0 saturated heterocycles. The maximum absolute atomic E-state index is 16.8. The molecule has 0 heterocycles. The van der Waals surface area contributed by atoms with Crippen LogP contribution in [0.2, 0.25) is 0 Å². The summed E-state index contributed by atoms with van der Waals surface area (Å²) in [5.41, 5.74) is 0. The molecule has 6 aromatic carbocycles. The fourth-order valence-electron chi connectivity index (χ4n) is 6.16. The predicted octanol–water partition coefficient (Wildman–Crippen LogP) is 8.47. The van der Waals surface area contributed by atoms with E-state index >= 15 is 4.79 Å². The maximum Gasteiger partial charge on any atom is 0 e. The van der Waals surface area contributed by atoms with Crippen molar-refractivity contribution >= 4 is 71.5 Å². The fraction of sp³-hybridized carbons (Fsp3) is 0. The molecule has 6 aromatic rings. The van der Waals surface area contributed by atoms with Gasteiger partial charge in [0.25, 0.3) is 0 Å². The molecule has 0 atom stereocenters. The third-order valence-corrected chi connectivity index (χ3v) is 24.8. The van der Waals surface area contributed by atoms with E-state index in [4.69, 9.17) is 22.5 Å². The minimum Gasteiger partial charge on any atom is 0 e. The minimum absolute atomic E-state index is 0. The first-order valence-electron chi connectivity index (χ1n) is 13.8. The van der Waals surface area contributed by atoms with Gasteiger partial charge < -0.3 is 0 Å². The number of carbonyl (C=O) groups excluding carboxylic acids is 1. The van der Waals surface area contributed by atoms with Crippen molar-refractivity contribution in [2.75, 3.05) is 0 Å². The second-order valence-corrected chi connectivity index (χ2v) is 22.7. The average Bonchev–Trinajstić information content (AvgIpc) is 3.10. The van der Waals surface area contributed by atoms with Crippen LogP contribution < -0.4 is 31.8 Å². The van der Waals surface area contributed by atoms with E-state index in [1.807, 2.05) is 182 Å². The van der Waals surface area contributed by atoms with Gasteiger partial charge in [0.1, 0.15) is 0 Å². The van der Waals surface area contributed by atoms with E-state index in [0.29, 0.717) is 0 Å². The van der Waals surface area contributed by atoms with Crippen LogP contribution in [0, 0.1) is 0 Å². The molecule has 6 heteroatoms. The van der Waals surface area contributed by atoms with Crippen LogP contribution >= 0.6 is 34.4 Å². The molecule has 0 aliphatic carbocycles. The molecule has 6 rings (SSSR count). The molecule has 216 valence electrons. The van der Waals surface area contributed by atoms with Crippen LogP contribution in [0.3, 0.4) is 0 Å². The largest absolute Gasteiger partial charge is 0 e. The van der Waals surface area contributed by atoms with Crippen LogP contribution in [0.1, 0.15) is 0 Å². The Kier molecular flexibility index (Phi) is 8.94. The second-order valence-electron chi connectivity index (χ2n) is 10.3. The molecule has 0 radical (unpaired) electrons. The van der Waals surface area contributed by atoms with Crippen molar-refractivity contribution in [3.8, 4) is 0 Å². The van der Waals surface area contributed by atoms with Gasteiger partial charge in [0.15, 0.2) is 0 Å². The molecular formula is C37H30Cl2OP2Ru. The molecular weight excluding hydrogens is 694 g/mol. The summed E-state index contributed by atoms with van der Waals surface area (Å²) in [6.45, 7) is 0. The van der Waals surface area contributed by atoms with Gasteiger partial charge >= 0.3 is 258 Å². The van der Waals surface area contributed by atoms with Crippen molar-refractivity contribution in [2.24, 2.45) is 0 Å². The number of rotatable bonds is 8. The molecule has 0 spiro atoms. The maximum atomic E-state index is 16.8. The van der Waals surface area contributed by atoms with Gasteiger partial charge in [-0.25, -0.2) is 0 Å². The Hall–Kier alpha value is -2.95. The Morgan fingerprint density at radius 1 is 0.326 bits per heavy atom. The van der Waals surface area contributed by atoms with E-state index in [1.54, 1.807) is 0 Å². The standard InChI is InChI=1S/C37H30Cl2OP2.Ru/c38-41(31-19-7-1-8-20-31,32-21-9-2-10-22-32,33-23-11-3-12-24-33)37(40)42(39,34-25-13-4-14-26-34,35-27-15-5-16-28-35)36-29-17-6-18-30-36;/h1-30H;. The van der Waals surface area contributed by atoms with Gasteiger partial charge in [0.2, 0.25) is 0 Å². The van der Waals surface area contributed by atoms with Crippen LogP contribution in [-0.4, -0.2) is 5.27 Å². The van der Waals surface area contributed by atoms with Crippen molar-refractivity contribution in [1.29, 1.82) is 0 Å². The number of hydrogen-bond donors (Lipinski definition) is 0. The van der Waals surface area contributed by atoms with E-state index < -0.39 is 11.9 Å². The van der Waals surface area contributed by atoms with Gasteiger partial charge in [-0.05, 0) is 0 Å². The van der Waals surface area contributed by atoms with Gasteiger partial charge in [-0.3, -0.25) is 0 Å². The Balaban J connectivity index is 0.00000368. The Morgan fingerprint density at radius 2 is 0.465 bits per heavy atom. The van der Waals surface area contributed by atoms with Crippen LogP contribution in [0.5, 0.6) is 0 Å². The molecule has 43 heavy (non-hydrogen) atoms. The van der Waals surface area contributed by atoms with E-state index in [0.717, 1.165) is 31.8 Å². The zero-order chi connectivity index (χ0) is 29.1. The molecule has 0 aliphatic heterocycles. The van der Waals surface area contributed by atoms with Crippen molar-refractivity contribution in [1.82, 2.24) is 0 Å². The Bertz CT molecular complexity index is 1490. The third kappa shape index (κ3) is 4.51. The van der Waals surface area contributed by atoms with Gasteiger partial charge in [-0.2, -0.15) is 0 Å². The summed E-state index contributed by atoms with van der Waals surface area (Å²) < 4.78 is 0. The number of carbonyl (C=O) groups is 1. The summed E-state index contributed by atoms with van der Waals surface area (Å²) in [7, 11) is 0. The quantitative estimate of drug-likeness (QED) is 0.114. The molecule has 0 amide bonds. The molecule has 0 saturated carbocycles. The summed E-state index contributed by atoms with van der Waals surface area (Å²) >= 11 is 17.2. The van der Waals surface area contributed by atoms with E-state index in [1.165, 1.54) is 0 Å². The molecule has 0 aliphatic rings. The van der Waals surface area contributed by atoms with E-state index in [9.17, 15) is 0 Å². The van der Waals surface area contributed by atoms with E-state index in [2.05, 4.69) is 0 Å². The molecule has 0 N–H and O–H groups in total. The first-order chi connectivity index (χ1) is 20.4. The molecule has 0 fully saturated rings. The first-order valence-corrected chi connectivity index (χ1v) is 20.1. The van der Waals surface area contributed by atoms with Crippen molar-refractivity contribution < 1.29 is 24.3 Å². The topological polar surface area (TPSA) is 17.1 Å². The zero-order valence-corrected chi connectivity index (χ0v) is 28.3. The van der Waals surface area contributed by atoms with Crippen LogP contribution in [-0.2, 0) is 19.5 Å². The van der Waals surface area contributed by atoms with Crippen LogP contribution in [0.15, 0.2) is 182 Å². The summed E-state index contributed by atoms with van der Waals surface area (Å²) in [4.78, 5) is 16.8. The average molecular weight is 725 g/mol. The number of benzene rings is 6. The van der Waals surface area contributed by atoms with Crippen molar-refractivity contribution in [2.45, 2.75) is 0 Å². The van der Waals surface area contributed by atoms with Crippen LogP contribution in [0.25, 0.3) is 0 Å². The zero-order valence-electron chi connectivity index (χ0n) is 23.2. The van der Waals surface area contributed by atoms with Gasteiger partial charge in [-0.15, -0.1) is 0 Å². The summed E-state index contributed by atoms with van der Waals surface area (Å²) in [5.74, 6) is -9.14. The van der Waals surface area contributed by atoms with Gasteiger partial charge in [0, 0.05) is 19.5 Å². The van der Waals surface area contributed by atoms with Crippen LogP contribution in [0.4, 0.5) is 4.79 Å². The smallest absolute Gasteiger partial charge is 0 e. The predicted molar refractivity (Wildman–Crippen MR) is 187 cm³/mol. The normalized spacial score (nSPS) is 13.3. The number of hydrogen-bond acceptors (Lipinski definition) is 1.